The summed E-state index contributed by atoms with van der Waals surface area (Å²) >= 11 is 3.22. The number of aromatic nitrogens is 3. The minimum absolute atomic E-state index is 0.195. The van der Waals surface area contributed by atoms with Gasteiger partial charge in [0.05, 0.1) is 11.0 Å². The fourth-order valence-electron chi connectivity index (χ4n) is 2.25. The van der Waals surface area contributed by atoms with Crippen LogP contribution in [0.1, 0.15) is 18.3 Å². The average molecular weight is 347 g/mol. The monoisotopic (exact) mass is 347 g/mol. The number of urea groups is 1. The van der Waals surface area contributed by atoms with Crippen molar-refractivity contribution in [1.29, 1.82) is 0 Å². The number of thiophene rings is 1. The van der Waals surface area contributed by atoms with E-state index in [9.17, 15) is 4.79 Å². The van der Waals surface area contributed by atoms with E-state index in [1.54, 1.807) is 11.8 Å². The molecule has 3 aromatic rings. The molecule has 0 spiro atoms. The molecule has 0 saturated carbocycles. The fraction of sp³-hybridized carbons (Fsp3) is 0.267. The number of nitrogens with one attached hydrogen (secondary N) is 2. The molecule has 3 aromatic heterocycles. The van der Waals surface area contributed by atoms with Crippen molar-refractivity contribution in [2.45, 2.75) is 12.5 Å². The Morgan fingerprint density at radius 1 is 1.35 bits per heavy atom. The Hall–Kier alpha value is -2.06. The SMILES string of the molecule is CSCCC(NC(=O)Nc1cccs1)c1nnc2ccccn12. The summed E-state index contributed by atoms with van der Waals surface area (Å²) < 4.78 is 1.91. The molecule has 0 aliphatic rings. The molecule has 23 heavy (non-hydrogen) atoms. The third kappa shape index (κ3) is 3.83. The fourth-order valence-corrected chi connectivity index (χ4v) is 3.34. The van der Waals surface area contributed by atoms with Crippen LogP contribution in [0.5, 0.6) is 0 Å². The number of hydrogen-bond acceptors (Lipinski definition) is 5. The minimum Gasteiger partial charge on any atom is -0.328 e. The van der Waals surface area contributed by atoms with Crippen LogP contribution in [0.4, 0.5) is 9.80 Å². The van der Waals surface area contributed by atoms with Crippen LogP contribution < -0.4 is 10.6 Å². The molecule has 0 bridgehead atoms. The number of hydrogen-bond donors (Lipinski definition) is 2. The van der Waals surface area contributed by atoms with Gasteiger partial charge in [0.25, 0.3) is 0 Å². The summed E-state index contributed by atoms with van der Waals surface area (Å²) in [4.78, 5) is 12.2. The topological polar surface area (TPSA) is 71.3 Å². The number of pyridine rings is 1. The predicted octanol–water partition coefficient (Wildman–Crippen LogP) is 3.41. The second-order valence-electron chi connectivity index (χ2n) is 4.90. The molecule has 0 saturated heterocycles. The van der Waals surface area contributed by atoms with E-state index in [0.29, 0.717) is 0 Å². The zero-order chi connectivity index (χ0) is 16.1. The average Bonchev–Trinajstić information content (AvgIpc) is 3.20. The van der Waals surface area contributed by atoms with Crippen molar-refractivity contribution in [3.63, 3.8) is 0 Å². The van der Waals surface area contributed by atoms with Gasteiger partial charge in [-0.3, -0.25) is 9.72 Å². The van der Waals surface area contributed by atoms with Gasteiger partial charge in [0.2, 0.25) is 0 Å². The van der Waals surface area contributed by atoms with Crippen molar-refractivity contribution in [3.05, 3.63) is 47.7 Å². The Morgan fingerprint density at radius 2 is 2.26 bits per heavy atom. The van der Waals surface area contributed by atoms with Gasteiger partial charge in [-0.15, -0.1) is 21.5 Å². The molecule has 0 aliphatic carbocycles. The summed E-state index contributed by atoms with van der Waals surface area (Å²) in [7, 11) is 0. The molecule has 1 unspecified atom stereocenters. The van der Waals surface area contributed by atoms with E-state index in [0.717, 1.165) is 28.6 Å². The van der Waals surface area contributed by atoms with Crippen LogP contribution in [-0.2, 0) is 0 Å². The van der Waals surface area contributed by atoms with Crippen LogP contribution in [0.3, 0.4) is 0 Å². The first-order valence-corrected chi connectivity index (χ1v) is 9.45. The summed E-state index contributed by atoms with van der Waals surface area (Å²) in [5.74, 6) is 1.67. The molecule has 8 heteroatoms. The van der Waals surface area contributed by atoms with E-state index in [4.69, 9.17) is 0 Å². The van der Waals surface area contributed by atoms with E-state index >= 15 is 0 Å². The van der Waals surface area contributed by atoms with Crippen LogP contribution in [0.25, 0.3) is 5.65 Å². The third-order valence-corrected chi connectivity index (χ3v) is 4.75. The summed E-state index contributed by atoms with van der Waals surface area (Å²) in [6.45, 7) is 0. The van der Waals surface area contributed by atoms with Gasteiger partial charge in [0.1, 0.15) is 0 Å². The number of nitrogens with zero attached hydrogens (tertiary/aromatic N) is 3. The lowest BCUT2D eigenvalue weighted by Gasteiger charge is -2.17. The standard InChI is InChI=1S/C15H17N5OS2/c1-22-10-7-11(16-15(21)17-13-6-4-9-23-13)14-19-18-12-5-2-3-8-20(12)14/h2-6,8-9,11H,7,10H2,1H3,(H2,16,17,21). The number of amides is 2. The Kier molecular flexibility index (Phi) is 5.14. The highest BCUT2D eigenvalue weighted by atomic mass is 32.2. The molecule has 0 aromatic carbocycles. The zero-order valence-electron chi connectivity index (χ0n) is 12.6. The van der Waals surface area contributed by atoms with Crippen LogP contribution in [-0.4, -0.2) is 32.6 Å². The van der Waals surface area contributed by atoms with Gasteiger partial charge < -0.3 is 5.32 Å². The number of anilines is 1. The first-order valence-electron chi connectivity index (χ1n) is 7.17. The number of carbonyl (C=O) groups excluding carboxylic acids is 1. The van der Waals surface area contributed by atoms with Crippen LogP contribution in [0.15, 0.2) is 41.9 Å². The highest BCUT2D eigenvalue weighted by Crippen LogP contribution is 2.19. The van der Waals surface area contributed by atoms with Gasteiger partial charge >= 0.3 is 6.03 Å². The summed E-state index contributed by atoms with van der Waals surface area (Å²) in [5.41, 5.74) is 0.775. The molecule has 120 valence electrons. The molecule has 2 amide bonds. The lowest BCUT2D eigenvalue weighted by atomic mass is 10.2. The first-order chi connectivity index (χ1) is 11.3. The highest BCUT2D eigenvalue weighted by Gasteiger charge is 2.20. The normalized spacial score (nSPS) is 12.2. The summed E-state index contributed by atoms with van der Waals surface area (Å²) in [6.07, 6.45) is 4.75. The lowest BCUT2D eigenvalue weighted by Crippen LogP contribution is -2.33. The Labute approximate surface area is 142 Å². The van der Waals surface area contributed by atoms with Crippen LogP contribution >= 0.6 is 23.1 Å². The maximum absolute atomic E-state index is 12.2. The maximum Gasteiger partial charge on any atom is 0.320 e. The van der Waals surface area contributed by atoms with E-state index in [1.807, 2.05) is 52.6 Å². The van der Waals surface area contributed by atoms with E-state index in [1.165, 1.54) is 11.3 Å². The van der Waals surface area contributed by atoms with Crippen molar-refractivity contribution < 1.29 is 4.79 Å². The molecular formula is C15H17N5OS2. The number of rotatable bonds is 6. The molecule has 3 rings (SSSR count). The van der Waals surface area contributed by atoms with Crippen LogP contribution in [0.2, 0.25) is 0 Å². The van der Waals surface area contributed by atoms with Crippen molar-refractivity contribution in [3.8, 4) is 0 Å². The minimum atomic E-state index is -0.230. The highest BCUT2D eigenvalue weighted by molar-refractivity contribution is 7.98. The number of thioether (sulfide) groups is 1. The third-order valence-electron chi connectivity index (χ3n) is 3.33. The van der Waals surface area contributed by atoms with Crippen molar-refractivity contribution >= 4 is 39.8 Å². The van der Waals surface area contributed by atoms with Crippen molar-refractivity contribution in [2.75, 3.05) is 17.3 Å². The molecule has 0 radical (unpaired) electrons. The molecular weight excluding hydrogens is 330 g/mol. The van der Waals surface area contributed by atoms with E-state index in [-0.39, 0.29) is 12.1 Å². The largest absolute Gasteiger partial charge is 0.328 e. The van der Waals surface area contributed by atoms with Gasteiger partial charge in [0, 0.05) is 6.20 Å². The smallest absolute Gasteiger partial charge is 0.320 e. The first kappa shape index (κ1) is 15.8. The quantitative estimate of drug-likeness (QED) is 0.717. The summed E-state index contributed by atoms with van der Waals surface area (Å²) in [5, 5.41) is 17.0. The molecule has 2 N–H and O–H groups in total. The lowest BCUT2D eigenvalue weighted by molar-refractivity contribution is 0.247. The second kappa shape index (κ2) is 7.47. The van der Waals surface area contributed by atoms with Crippen molar-refractivity contribution in [2.24, 2.45) is 0 Å². The summed E-state index contributed by atoms with van der Waals surface area (Å²) in [6, 6.07) is 9.09. The number of fused-ring (bicyclic) bond motifs is 1. The Morgan fingerprint density at radius 3 is 3.04 bits per heavy atom. The zero-order valence-corrected chi connectivity index (χ0v) is 14.2. The predicted molar refractivity (Wildman–Crippen MR) is 95.2 cm³/mol. The second-order valence-corrected chi connectivity index (χ2v) is 6.83. The van der Waals surface area contributed by atoms with Gasteiger partial charge in [-0.05, 0) is 48.1 Å². The number of carbonyl (C=O) groups is 1. The van der Waals surface area contributed by atoms with Gasteiger partial charge in [-0.1, -0.05) is 6.07 Å². The molecule has 1 atom stereocenters. The molecule has 6 nitrogen and oxygen atoms in total. The maximum atomic E-state index is 12.2. The van der Waals surface area contributed by atoms with Gasteiger partial charge in [0.15, 0.2) is 11.5 Å². The van der Waals surface area contributed by atoms with E-state index < -0.39 is 0 Å². The van der Waals surface area contributed by atoms with Gasteiger partial charge in [-0.25, -0.2) is 4.79 Å². The van der Waals surface area contributed by atoms with Gasteiger partial charge in [-0.2, -0.15) is 11.8 Å². The van der Waals surface area contributed by atoms with Crippen molar-refractivity contribution in [1.82, 2.24) is 19.9 Å². The molecule has 0 aliphatic heterocycles. The van der Waals surface area contributed by atoms with Crippen LogP contribution in [0, 0.1) is 0 Å². The Balaban J connectivity index is 1.78. The molecule has 0 fully saturated rings. The molecule has 3 heterocycles. The Bertz CT molecular complexity index is 771. The van der Waals surface area contributed by atoms with E-state index in [2.05, 4.69) is 20.8 Å².